The highest BCUT2D eigenvalue weighted by Crippen LogP contribution is 2.38. The molecule has 2 aromatic carbocycles. The van der Waals surface area contributed by atoms with Gasteiger partial charge in [0, 0.05) is 29.6 Å². The molecular weight excluding hydrogens is 322 g/mol. The van der Waals surface area contributed by atoms with E-state index in [2.05, 4.69) is 30.0 Å². The molecule has 0 N–H and O–H groups in total. The minimum absolute atomic E-state index is 0.00309. The van der Waals surface area contributed by atoms with Crippen LogP contribution in [-0.2, 0) is 11.2 Å². The van der Waals surface area contributed by atoms with E-state index in [0.29, 0.717) is 18.1 Å². The van der Waals surface area contributed by atoms with Crippen molar-refractivity contribution in [1.82, 2.24) is 4.90 Å². The van der Waals surface area contributed by atoms with Crippen molar-refractivity contribution < 1.29 is 9.53 Å². The first-order valence-corrected chi connectivity index (χ1v) is 8.75. The van der Waals surface area contributed by atoms with Crippen molar-refractivity contribution in [3.05, 3.63) is 69.7 Å². The molecule has 124 valence electrons. The molecule has 0 aliphatic carbocycles. The van der Waals surface area contributed by atoms with Crippen LogP contribution >= 0.6 is 11.6 Å². The average Bonchev–Trinajstić information content (AvgIpc) is 2.99. The van der Waals surface area contributed by atoms with Crippen molar-refractivity contribution in [2.24, 2.45) is 0 Å². The number of ketones is 1. The molecule has 2 aromatic rings. The molecule has 1 fully saturated rings. The summed E-state index contributed by atoms with van der Waals surface area (Å²) in [6.45, 7) is 3.66. The van der Waals surface area contributed by atoms with Gasteiger partial charge >= 0.3 is 0 Å². The van der Waals surface area contributed by atoms with Gasteiger partial charge in [0.05, 0.1) is 6.61 Å². The fourth-order valence-electron chi connectivity index (χ4n) is 3.72. The second kappa shape index (κ2) is 6.32. The van der Waals surface area contributed by atoms with Crippen molar-refractivity contribution >= 4 is 17.4 Å². The Balaban J connectivity index is 1.51. The van der Waals surface area contributed by atoms with E-state index < -0.39 is 0 Å². The van der Waals surface area contributed by atoms with E-state index in [9.17, 15) is 4.79 Å². The van der Waals surface area contributed by atoms with E-state index in [-0.39, 0.29) is 18.1 Å². The topological polar surface area (TPSA) is 29.5 Å². The number of hydrogen-bond donors (Lipinski definition) is 0. The van der Waals surface area contributed by atoms with Crippen LogP contribution in [0.15, 0.2) is 42.5 Å². The van der Waals surface area contributed by atoms with E-state index in [1.807, 2.05) is 0 Å². The van der Waals surface area contributed by atoms with Crippen LogP contribution in [-0.4, -0.2) is 29.9 Å². The van der Waals surface area contributed by atoms with E-state index in [4.69, 9.17) is 16.3 Å². The maximum absolute atomic E-state index is 12.6. The molecule has 2 atom stereocenters. The number of ether oxygens (including phenoxy) is 1. The summed E-state index contributed by atoms with van der Waals surface area (Å²) in [6.07, 6.45) is 1.50. The van der Waals surface area contributed by atoms with Crippen LogP contribution in [0.1, 0.15) is 39.7 Å². The third-order valence-corrected chi connectivity index (χ3v) is 5.26. The van der Waals surface area contributed by atoms with Crippen LogP contribution in [0.4, 0.5) is 0 Å². The summed E-state index contributed by atoms with van der Waals surface area (Å²) < 4.78 is 6.06. The van der Waals surface area contributed by atoms with E-state index in [1.165, 1.54) is 16.7 Å². The molecule has 2 heterocycles. The molecule has 2 aliphatic rings. The summed E-state index contributed by atoms with van der Waals surface area (Å²) >= 11 is 5.90. The van der Waals surface area contributed by atoms with Crippen LogP contribution in [0.5, 0.6) is 0 Å². The van der Waals surface area contributed by atoms with Gasteiger partial charge < -0.3 is 4.74 Å². The van der Waals surface area contributed by atoms with Crippen LogP contribution in [0.3, 0.4) is 0 Å². The Morgan fingerprint density at radius 2 is 2.04 bits per heavy atom. The van der Waals surface area contributed by atoms with Crippen LogP contribution in [0.25, 0.3) is 0 Å². The number of aryl methyl sites for hydroxylation is 1. The average molecular weight is 342 g/mol. The Kier molecular flexibility index (Phi) is 4.17. The SMILES string of the molecule is Cc1ccc2c(c1)[C@@H]1OC[C@@H](CC(=O)c3ccc(Cl)cc3)N1CC2. The largest absolute Gasteiger partial charge is 0.357 e. The van der Waals surface area contributed by atoms with E-state index >= 15 is 0 Å². The molecule has 0 aromatic heterocycles. The zero-order valence-electron chi connectivity index (χ0n) is 13.7. The lowest BCUT2D eigenvalue weighted by Gasteiger charge is -2.33. The van der Waals surface area contributed by atoms with Crippen molar-refractivity contribution in [3.63, 3.8) is 0 Å². The van der Waals surface area contributed by atoms with Crippen molar-refractivity contribution in [2.75, 3.05) is 13.2 Å². The molecule has 24 heavy (non-hydrogen) atoms. The number of carbonyl (C=O) groups is 1. The molecule has 0 radical (unpaired) electrons. The number of fused-ring (bicyclic) bond motifs is 3. The highest BCUT2D eigenvalue weighted by atomic mass is 35.5. The summed E-state index contributed by atoms with van der Waals surface area (Å²) in [6, 6.07) is 13.9. The molecule has 0 amide bonds. The van der Waals surface area contributed by atoms with Gasteiger partial charge in [-0.25, -0.2) is 0 Å². The van der Waals surface area contributed by atoms with Gasteiger partial charge in [-0.05, 0) is 48.7 Å². The Bertz CT molecular complexity index is 772. The highest BCUT2D eigenvalue weighted by Gasteiger charge is 2.39. The molecule has 2 aliphatic heterocycles. The maximum atomic E-state index is 12.6. The first kappa shape index (κ1) is 15.8. The molecule has 4 heteroatoms. The predicted molar refractivity (Wildman–Crippen MR) is 94.5 cm³/mol. The quantitative estimate of drug-likeness (QED) is 0.784. The van der Waals surface area contributed by atoms with Gasteiger partial charge in [0.2, 0.25) is 0 Å². The lowest BCUT2D eigenvalue weighted by atomic mass is 9.95. The number of Topliss-reactive ketones (excluding diaryl/α,β-unsaturated/α-hetero) is 1. The second-order valence-corrected chi connectivity index (χ2v) is 7.10. The fraction of sp³-hybridized carbons (Fsp3) is 0.350. The number of benzene rings is 2. The Morgan fingerprint density at radius 3 is 2.83 bits per heavy atom. The summed E-state index contributed by atoms with van der Waals surface area (Å²) in [7, 11) is 0. The highest BCUT2D eigenvalue weighted by molar-refractivity contribution is 6.30. The molecule has 0 unspecified atom stereocenters. The standard InChI is InChI=1S/C20H20ClNO2/c1-13-2-3-14-8-9-22-17(12-24-20(22)18(14)10-13)11-19(23)15-4-6-16(21)7-5-15/h2-7,10,17,20H,8-9,11-12H2,1H3/t17-,20+/m1/s1. The maximum Gasteiger partial charge on any atom is 0.164 e. The van der Waals surface area contributed by atoms with Gasteiger partial charge in [0.15, 0.2) is 5.78 Å². The number of hydrogen-bond acceptors (Lipinski definition) is 3. The van der Waals surface area contributed by atoms with Crippen LogP contribution < -0.4 is 0 Å². The van der Waals surface area contributed by atoms with Gasteiger partial charge in [0.25, 0.3) is 0 Å². The van der Waals surface area contributed by atoms with Gasteiger partial charge in [-0.1, -0.05) is 35.4 Å². The first-order chi connectivity index (χ1) is 11.6. The minimum Gasteiger partial charge on any atom is -0.357 e. The monoisotopic (exact) mass is 341 g/mol. The van der Waals surface area contributed by atoms with Crippen molar-refractivity contribution in [1.29, 1.82) is 0 Å². The molecular formula is C20H20ClNO2. The summed E-state index contributed by atoms with van der Waals surface area (Å²) in [5.74, 6) is 0.149. The number of rotatable bonds is 3. The fourth-order valence-corrected chi connectivity index (χ4v) is 3.84. The molecule has 0 saturated carbocycles. The zero-order valence-corrected chi connectivity index (χ0v) is 14.4. The second-order valence-electron chi connectivity index (χ2n) is 6.66. The van der Waals surface area contributed by atoms with Gasteiger partial charge in [-0.2, -0.15) is 0 Å². The van der Waals surface area contributed by atoms with Crippen LogP contribution in [0, 0.1) is 6.92 Å². The van der Waals surface area contributed by atoms with Gasteiger partial charge in [-0.3, -0.25) is 9.69 Å². The number of halogens is 1. The Hall–Kier alpha value is -1.68. The van der Waals surface area contributed by atoms with Gasteiger partial charge in [0.1, 0.15) is 6.23 Å². The summed E-state index contributed by atoms with van der Waals surface area (Å²) in [5.41, 5.74) is 4.60. The van der Waals surface area contributed by atoms with Crippen LogP contribution in [0.2, 0.25) is 5.02 Å². The molecule has 3 nitrogen and oxygen atoms in total. The third kappa shape index (κ3) is 2.88. The predicted octanol–water partition coefficient (Wildman–Crippen LogP) is 4.18. The third-order valence-electron chi connectivity index (χ3n) is 5.01. The van der Waals surface area contributed by atoms with Gasteiger partial charge in [-0.15, -0.1) is 0 Å². The van der Waals surface area contributed by atoms with Crippen molar-refractivity contribution in [3.8, 4) is 0 Å². The first-order valence-electron chi connectivity index (χ1n) is 8.37. The Morgan fingerprint density at radius 1 is 1.25 bits per heavy atom. The van der Waals surface area contributed by atoms with E-state index in [1.54, 1.807) is 24.3 Å². The molecule has 0 bridgehead atoms. The molecule has 4 rings (SSSR count). The lowest BCUT2D eigenvalue weighted by molar-refractivity contribution is 0.0215. The normalized spacial score (nSPS) is 22.9. The van der Waals surface area contributed by atoms with Crippen molar-refractivity contribution in [2.45, 2.75) is 32.0 Å². The van der Waals surface area contributed by atoms with E-state index in [0.717, 1.165) is 18.5 Å². The lowest BCUT2D eigenvalue weighted by Crippen LogP contribution is -2.39. The smallest absolute Gasteiger partial charge is 0.164 e. The number of carbonyl (C=O) groups excluding carboxylic acids is 1. The summed E-state index contributed by atoms with van der Waals surface area (Å²) in [4.78, 5) is 14.9. The molecule has 0 spiro atoms. The number of nitrogens with zero attached hydrogens (tertiary/aromatic N) is 1. The Labute approximate surface area is 147 Å². The minimum atomic E-state index is -0.00309. The molecule has 1 saturated heterocycles. The summed E-state index contributed by atoms with van der Waals surface area (Å²) in [5, 5.41) is 0.652. The zero-order chi connectivity index (χ0) is 16.7.